The second-order valence-electron chi connectivity index (χ2n) is 21.9. The van der Waals surface area contributed by atoms with Gasteiger partial charge in [0.2, 0.25) is 0 Å². The van der Waals surface area contributed by atoms with Crippen LogP contribution in [0.15, 0.2) is 255 Å². The number of nitrogens with zero attached hydrogens (tertiary/aromatic N) is 3. The summed E-state index contributed by atoms with van der Waals surface area (Å²) in [5, 5.41) is 0. The second-order valence-corrected chi connectivity index (χ2v) is 21.9. The molecule has 0 aliphatic heterocycles. The third-order valence-corrected chi connectivity index (χ3v) is 16.4. The van der Waals surface area contributed by atoms with Crippen molar-refractivity contribution in [3.8, 4) is 134 Å². The van der Waals surface area contributed by atoms with Gasteiger partial charge < -0.3 is 15.0 Å². The van der Waals surface area contributed by atoms with Gasteiger partial charge in [-0.1, -0.05) is 214 Å². The molecule has 13 aromatic rings. The molecule has 408 valence electrons. The number of hydrogen-bond donors (Lipinski definition) is 0. The Hall–Kier alpha value is -9.70. The molecule has 0 saturated heterocycles. The predicted octanol–water partition coefficient (Wildman–Crippen LogP) is 21.1. The molecule has 0 N–H and O–H groups in total. The van der Waals surface area contributed by atoms with Gasteiger partial charge in [-0.3, -0.25) is 0 Å². The Morgan fingerprint density at radius 3 is 0.729 bits per heavy atom. The van der Waals surface area contributed by atoms with E-state index in [2.05, 4.69) is 260 Å². The van der Waals surface area contributed by atoms with Crippen LogP contribution in [-0.2, 0) is 20.1 Å². The Morgan fingerprint density at radius 2 is 0.482 bits per heavy atom. The third-order valence-electron chi connectivity index (χ3n) is 16.4. The van der Waals surface area contributed by atoms with Crippen LogP contribution in [0, 0.1) is 59.7 Å². The average molecular weight is 1270 g/mol. The van der Waals surface area contributed by atoms with Crippen molar-refractivity contribution in [2.24, 2.45) is 0 Å². The first kappa shape index (κ1) is 55.8. The molecule has 0 aliphatic rings. The molecule has 10 aromatic carbocycles. The van der Waals surface area contributed by atoms with E-state index >= 15 is 0 Å². The summed E-state index contributed by atoms with van der Waals surface area (Å²) in [5.41, 5.74) is 33.0. The molecule has 0 amide bonds. The first-order valence-corrected chi connectivity index (χ1v) is 28.7. The van der Waals surface area contributed by atoms with Gasteiger partial charge in [-0.2, -0.15) is 0 Å². The number of rotatable bonds is 12. The first-order valence-electron chi connectivity index (χ1n) is 28.7. The molecule has 0 atom stereocenters. The first-order chi connectivity index (χ1) is 41.2. The topological polar surface area (TPSA) is 38.7 Å². The van der Waals surface area contributed by atoms with Gasteiger partial charge >= 0.3 is 20.1 Å². The van der Waals surface area contributed by atoms with Crippen molar-refractivity contribution in [1.29, 1.82) is 0 Å². The van der Waals surface area contributed by atoms with Gasteiger partial charge in [-0.25, -0.2) is 0 Å². The number of hydrogen-bond acceptors (Lipinski definition) is 3. The minimum Gasteiger partial charge on any atom is -0.305 e. The monoisotopic (exact) mass is 1270 g/mol. The van der Waals surface area contributed by atoms with E-state index in [0.29, 0.717) is 0 Å². The summed E-state index contributed by atoms with van der Waals surface area (Å²) in [6, 6.07) is 96.3. The Labute approximate surface area is 513 Å². The molecular weight excluding hydrogens is 1210 g/mol. The average Bonchev–Trinajstić information content (AvgIpc) is 3.63. The molecule has 4 heteroatoms. The van der Waals surface area contributed by atoms with Crippen LogP contribution in [0.2, 0.25) is 0 Å². The Balaban J connectivity index is 0.00000709. The Bertz CT molecular complexity index is 4060. The molecule has 0 aliphatic carbocycles. The summed E-state index contributed by atoms with van der Waals surface area (Å²) >= 11 is 0. The van der Waals surface area contributed by atoms with E-state index in [-0.39, 0.29) is 20.1 Å². The quantitative estimate of drug-likeness (QED) is 0.114. The fraction of sp³-hybridized carbons (Fsp3) is 0.0741. The van der Waals surface area contributed by atoms with Gasteiger partial charge in [0.05, 0.1) is 0 Å². The minimum atomic E-state index is 0. The molecule has 0 saturated carbocycles. The van der Waals surface area contributed by atoms with Crippen molar-refractivity contribution < 1.29 is 20.1 Å². The van der Waals surface area contributed by atoms with Crippen LogP contribution in [0.4, 0.5) is 0 Å². The zero-order chi connectivity index (χ0) is 57.3. The molecule has 85 heavy (non-hydrogen) atoms. The van der Waals surface area contributed by atoms with Crippen LogP contribution in [0.25, 0.3) is 134 Å². The van der Waals surface area contributed by atoms with E-state index in [9.17, 15) is 0 Å². The fourth-order valence-electron chi connectivity index (χ4n) is 12.5. The number of pyridine rings is 3. The molecule has 3 heterocycles. The molecule has 0 radical (unpaired) electrons. The summed E-state index contributed by atoms with van der Waals surface area (Å²) in [6.45, 7) is 13.3. The van der Waals surface area contributed by atoms with Gasteiger partial charge in [-0.15, -0.1) is 71.3 Å². The van der Waals surface area contributed by atoms with Crippen LogP contribution >= 0.6 is 0 Å². The zero-order valence-corrected chi connectivity index (χ0v) is 50.8. The molecule has 0 spiro atoms. The van der Waals surface area contributed by atoms with E-state index in [0.717, 1.165) is 117 Å². The molecule has 3 nitrogen and oxygen atoms in total. The standard InChI is InChI=1S/C81H60N3.Ir/c1-52-22-19-23-53(2)79(52)73-49-58(76-34-13-16-43-82-76)37-40-70(73)67-31-10-7-28-64(67)61-46-62(65-29-8-11-32-68(65)71-41-38-59(77-35-14-17-44-83-77)50-74(71)80-54(3)24-20-25-55(80)4)48-63(47-61)66-30-9-12-33-69(66)72-42-39-60(78-36-15-18-45-84-78)51-75(72)81-56(5)26-21-27-57(81)6;/h7-36,40-51H,1-6H3;/q-3;+3. The van der Waals surface area contributed by atoms with E-state index < -0.39 is 0 Å². The van der Waals surface area contributed by atoms with Gasteiger partial charge in [0.25, 0.3) is 0 Å². The zero-order valence-electron chi connectivity index (χ0n) is 48.4. The number of aromatic nitrogens is 3. The largest absolute Gasteiger partial charge is 3.00 e. The second kappa shape index (κ2) is 24.3. The number of benzene rings is 10. The SMILES string of the molecule is Cc1cccc(C)c1-c1cc(-c2ccccn2)[c-]cc1-c1ccccc1-c1cc(-c2ccccc2-c2c[c-]c(-c3ccccn3)cc2-c2c(C)cccc2C)cc(-c2ccccc2-c2c[c-]c(-c3ccccn3)cc2-c2c(C)cccc2C)c1.[Ir+3]. The molecule has 0 fully saturated rings. The normalized spacial score (nSPS) is 11.1. The predicted molar refractivity (Wildman–Crippen MR) is 350 cm³/mol. The molecular formula is C81H60IrN3. The van der Waals surface area contributed by atoms with Gasteiger partial charge in [0, 0.05) is 18.6 Å². The van der Waals surface area contributed by atoms with Crippen LogP contribution in [0.3, 0.4) is 0 Å². The van der Waals surface area contributed by atoms with Crippen LogP contribution in [0.5, 0.6) is 0 Å². The van der Waals surface area contributed by atoms with Crippen molar-refractivity contribution >= 4 is 0 Å². The fourth-order valence-corrected chi connectivity index (χ4v) is 12.5. The van der Waals surface area contributed by atoms with Crippen LogP contribution in [-0.4, -0.2) is 15.0 Å². The van der Waals surface area contributed by atoms with E-state index in [1.54, 1.807) is 0 Å². The molecule has 0 bridgehead atoms. The van der Waals surface area contributed by atoms with Gasteiger partial charge in [0.1, 0.15) is 0 Å². The summed E-state index contributed by atoms with van der Waals surface area (Å²) in [7, 11) is 0. The van der Waals surface area contributed by atoms with Gasteiger partial charge in [0.15, 0.2) is 0 Å². The van der Waals surface area contributed by atoms with Gasteiger partial charge in [-0.05, 0) is 178 Å². The molecule has 13 rings (SSSR count). The third kappa shape index (κ3) is 11.0. The Kier molecular flexibility index (Phi) is 15.9. The molecule has 0 unspecified atom stereocenters. The van der Waals surface area contributed by atoms with Crippen molar-refractivity contribution in [3.63, 3.8) is 0 Å². The summed E-state index contributed by atoms with van der Waals surface area (Å²) < 4.78 is 0. The smallest absolute Gasteiger partial charge is 0.305 e. The maximum atomic E-state index is 4.79. The summed E-state index contributed by atoms with van der Waals surface area (Å²) in [6.07, 6.45) is 5.56. The Morgan fingerprint density at radius 1 is 0.235 bits per heavy atom. The summed E-state index contributed by atoms with van der Waals surface area (Å²) in [4.78, 5) is 14.4. The maximum Gasteiger partial charge on any atom is 3.00 e. The van der Waals surface area contributed by atoms with E-state index in [4.69, 9.17) is 15.0 Å². The summed E-state index contributed by atoms with van der Waals surface area (Å²) in [5.74, 6) is 0. The van der Waals surface area contributed by atoms with Crippen LogP contribution in [0.1, 0.15) is 33.4 Å². The van der Waals surface area contributed by atoms with Crippen molar-refractivity contribution in [2.75, 3.05) is 0 Å². The minimum absolute atomic E-state index is 0. The maximum absolute atomic E-state index is 4.79. The van der Waals surface area contributed by atoms with Crippen LogP contribution < -0.4 is 0 Å². The molecule has 3 aromatic heterocycles. The number of aryl methyl sites for hydroxylation is 6. The van der Waals surface area contributed by atoms with Crippen molar-refractivity contribution in [2.45, 2.75) is 41.5 Å². The van der Waals surface area contributed by atoms with E-state index in [1.807, 2.05) is 55.0 Å². The van der Waals surface area contributed by atoms with E-state index in [1.165, 1.54) is 50.1 Å². The van der Waals surface area contributed by atoms with Crippen molar-refractivity contribution in [3.05, 3.63) is 307 Å². The van der Waals surface area contributed by atoms with Crippen molar-refractivity contribution in [1.82, 2.24) is 15.0 Å².